The molecule has 0 bridgehead atoms. The molecule has 0 fully saturated rings. The molecule has 0 saturated heterocycles. The zero-order valence-electron chi connectivity index (χ0n) is 14.0. The smallest absolute Gasteiger partial charge is 0.337 e. The lowest BCUT2D eigenvalue weighted by Gasteiger charge is -2.11. The molecule has 2 aromatic carbocycles. The van der Waals surface area contributed by atoms with Crippen molar-refractivity contribution in [1.29, 1.82) is 0 Å². The molecule has 0 spiro atoms. The molecule has 8 heteroatoms. The van der Waals surface area contributed by atoms with E-state index in [9.17, 15) is 18.0 Å². The molecule has 0 aliphatic rings. The number of esters is 1. The van der Waals surface area contributed by atoms with E-state index in [1.54, 1.807) is 13.0 Å². The van der Waals surface area contributed by atoms with Crippen molar-refractivity contribution in [2.45, 2.75) is 11.8 Å². The van der Waals surface area contributed by atoms with E-state index in [0.717, 1.165) is 0 Å². The second kappa shape index (κ2) is 7.35. The predicted octanol–water partition coefficient (Wildman–Crippen LogP) is 1.94. The summed E-state index contributed by atoms with van der Waals surface area (Å²) in [6.07, 6.45) is 0. The summed E-state index contributed by atoms with van der Waals surface area (Å²) in [7, 11) is -1.14. The molecule has 2 rings (SSSR count). The number of ether oxygens (including phenoxy) is 1. The number of aryl methyl sites for hydroxylation is 1. The topological polar surface area (TPSA) is 102 Å². The van der Waals surface area contributed by atoms with Gasteiger partial charge >= 0.3 is 5.97 Å². The van der Waals surface area contributed by atoms with E-state index in [0.29, 0.717) is 11.1 Å². The maximum absolute atomic E-state index is 12.5. The van der Waals surface area contributed by atoms with Crippen molar-refractivity contribution >= 4 is 27.6 Å². The molecule has 2 N–H and O–H groups in total. The molecule has 0 atom stereocenters. The van der Waals surface area contributed by atoms with Crippen LogP contribution < -0.4 is 10.0 Å². The van der Waals surface area contributed by atoms with Crippen LogP contribution >= 0.6 is 0 Å². The molecule has 7 nitrogen and oxygen atoms in total. The van der Waals surface area contributed by atoms with E-state index in [-0.39, 0.29) is 22.1 Å². The summed E-state index contributed by atoms with van der Waals surface area (Å²) in [5.74, 6) is -0.875. The van der Waals surface area contributed by atoms with E-state index < -0.39 is 16.0 Å². The molecular weight excluding hydrogens is 344 g/mol. The van der Waals surface area contributed by atoms with Gasteiger partial charge in [0.25, 0.3) is 15.9 Å². The van der Waals surface area contributed by atoms with E-state index >= 15 is 0 Å². The summed E-state index contributed by atoms with van der Waals surface area (Å²) in [6.45, 7) is 1.72. The molecule has 0 heterocycles. The van der Waals surface area contributed by atoms with Crippen molar-refractivity contribution in [2.24, 2.45) is 0 Å². The number of methoxy groups -OCH3 is 1. The van der Waals surface area contributed by atoms with Gasteiger partial charge in [-0.1, -0.05) is 6.07 Å². The summed E-state index contributed by atoms with van der Waals surface area (Å²) in [4.78, 5) is 23.2. The molecule has 2 aromatic rings. The first kappa shape index (κ1) is 18.5. The van der Waals surface area contributed by atoms with Crippen molar-refractivity contribution < 1.29 is 22.7 Å². The highest BCUT2D eigenvalue weighted by molar-refractivity contribution is 7.92. The summed E-state index contributed by atoms with van der Waals surface area (Å²) in [6, 6.07) is 10.1. The highest BCUT2D eigenvalue weighted by Crippen LogP contribution is 2.20. The van der Waals surface area contributed by atoms with E-state index in [1.807, 2.05) is 0 Å². The van der Waals surface area contributed by atoms with Gasteiger partial charge in [-0.05, 0) is 48.9 Å². The van der Waals surface area contributed by atoms with Crippen molar-refractivity contribution in [3.63, 3.8) is 0 Å². The van der Waals surface area contributed by atoms with Gasteiger partial charge in [0.05, 0.1) is 17.6 Å². The Morgan fingerprint density at radius 2 is 1.68 bits per heavy atom. The maximum atomic E-state index is 12.5. The molecule has 0 radical (unpaired) electrons. The Bertz CT molecular complexity index is 905. The molecule has 0 aliphatic heterocycles. The molecule has 0 aliphatic carbocycles. The van der Waals surface area contributed by atoms with Crippen molar-refractivity contribution in [1.82, 2.24) is 5.32 Å². The van der Waals surface area contributed by atoms with Crippen LogP contribution in [0.2, 0.25) is 0 Å². The summed E-state index contributed by atoms with van der Waals surface area (Å²) >= 11 is 0. The van der Waals surface area contributed by atoms with Crippen LogP contribution in [-0.2, 0) is 14.8 Å². The number of sulfonamides is 1. The van der Waals surface area contributed by atoms with Gasteiger partial charge in [-0.25, -0.2) is 13.2 Å². The van der Waals surface area contributed by atoms with Gasteiger partial charge in [0.2, 0.25) is 0 Å². The Kier molecular flexibility index (Phi) is 5.43. The van der Waals surface area contributed by atoms with E-state index in [1.165, 1.54) is 50.6 Å². The first-order valence-corrected chi connectivity index (χ1v) is 8.80. The lowest BCUT2D eigenvalue weighted by Crippen LogP contribution is -2.20. The normalized spacial score (nSPS) is 10.8. The van der Waals surface area contributed by atoms with Crippen LogP contribution in [0.3, 0.4) is 0 Å². The van der Waals surface area contributed by atoms with Crippen LogP contribution in [-0.4, -0.2) is 34.5 Å². The van der Waals surface area contributed by atoms with Crippen molar-refractivity contribution in [3.05, 3.63) is 59.2 Å². The van der Waals surface area contributed by atoms with Crippen LogP contribution in [0.4, 0.5) is 5.69 Å². The number of carbonyl (C=O) groups is 2. The first-order chi connectivity index (χ1) is 11.8. The number of amides is 1. The van der Waals surface area contributed by atoms with Crippen LogP contribution in [0.15, 0.2) is 47.4 Å². The molecule has 0 aromatic heterocycles. The average Bonchev–Trinajstić information content (AvgIpc) is 2.61. The Hall–Kier alpha value is -2.87. The van der Waals surface area contributed by atoms with Crippen molar-refractivity contribution in [2.75, 3.05) is 18.9 Å². The second-order valence-corrected chi connectivity index (χ2v) is 6.91. The van der Waals surface area contributed by atoms with Gasteiger partial charge < -0.3 is 10.1 Å². The van der Waals surface area contributed by atoms with Crippen LogP contribution in [0.5, 0.6) is 0 Å². The Balaban J connectivity index is 2.30. The van der Waals surface area contributed by atoms with Gasteiger partial charge in [0.15, 0.2) is 0 Å². The van der Waals surface area contributed by atoms with Gasteiger partial charge in [-0.3, -0.25) is 9.52 Å². The SMILES string of the molecule is CNC(=O)c1cc(S(=O)(=O)Nc2ccc(C(=O)OC)cc2)ccc1C. The third-order valence-electron chi connectivity index (χ3n) is 3.55. The summed E-state index contributed by atoms with van der Waals surface area (Å²) in [5.41, 5.74) is 1.55. The number of anilines is 1. The monoisotopic (exact) mass is 362 g/mol. The zero-order chi connectivity index (χ0) is 18.6. The number of benzene rings is 2. The maximum Gasteiger partial charge on any atom is 0.337 e. The predicted molar refractivity (Wildman–Crippen MR) is 93.2 cm³/mol. The minimum absolute atomic E-state index is 0.0336. The number of carbonyl (C=O) groups excluding carboxylic acids is 2. The third kappa shape index (κ3) is 4.16. The van der Waals surface area contributed by atoms with Crippen LogP contribution in [0.25, 0.3) is 0 Å². The fourth-order valence-corrected chi connectivity index (χ4v) is 3.24. The molecule has 0 saturated carbocycles. The third-order valence-corrected chi connectivity index (χ3v) is 4.93. The van der Waals surface area contributed by atoms with E-state index in [2.05, 4.69) is 14.8 Å². The van der Waals surface area contributed by atoms with Crippen LogP contribution in [0, 0.1) is 6.92 Å². The first-order valence-electron chi connectivity index (χ1n) is 7.32. The average molecular weight is 362 g/mol. The lowest BCUT2D eigenvalue weighted by molar-refractivity contribution is 0.0600. The number of hydrogen-bond donors (Lipinski definition) is 2. The molecule has 25 heavy (non-hydrogen) atoms. The lowest BCUT2D eigenvalue weighted by atomic mass is 10.1. The Morgan fingerprint density at radius 3 is 2.24 bits per heavy atom. The Morgan fingerprint density at radius 1 is 1.04 bits per heavy atom. The largest absolute Gasteiger partial charge is 0.465 e. The number of rotatable bonds is 5. The highest BCUT2D eigenvalue weighted by Gasteiger charge is 2.18. The minimum Gasteiger partial charge on any atom is -0.465 e. The molecule has 132 valence electrons. The van der Waals surface area contributed by atoms with Crippen molar-refractivity contribution in [3.8, 4) is 0 Å². The fourth-order valence-electron chi connectivity index (χ4n) is 2.15. The number of hydrogen-bond acceptors (Lipinski definition) is 5. The Labute approximate surface area is 146 Å². The van der Waals surface area contributed by atoms with Crippen LogP contribution in [0.1, 0.15) is 26.3 Å². The minimum atomic E-state index is -3.88. The zero-order valence-corrected chi connectivity index (χ0v) is 14.8. The summed E-state index contributed by atoms with van der Waals surface area (Å²) < 4.78 is 32.0. The molecule has 1 amide bonds. The molecule has 0 unspecified atom stereocenters. The van der Waals surface area contributed by atoms with E-state index in [4.69, 9.17) is 0 Å². The van der Waals surface area contributed by atoms with Gasteiger partial charge in [0.1, 0.15) is 0 Å². The second-order valence-electron chi connectivity index (χ2n) is 5.23. The highest BCUT2D eigenvalue weighted by atomic mass is 32.2. The summed E-state index contributed by atoms with van der Waals surface area (Å²) in [5, 5.41) is 2.47. The van der Waals surface area contributed by atoms with Gasteiger partial charge in [-0.15, -0.1) is 0 Å². The quantitative estimate of drug-likeness (QED) is 0.792. The van der Waals surface area contributed by atoms with Gasteiger partial charge in [-0.2, -0.15) is 0 Å². The standard InChI is InChI=1S/C17H18N2O5S/c1-11-4-9-14(10-15(11)16(20)18-2)25(22,23)19-13-7-5-12(6-8-13)17(21)24-3/h4-10,19H,1-3H3,(H,18,20). The fraction of sp³-hybridized carbons (Fsp3) is 0.176. The number of nitrogens with one attached hydrogen (secondary N) is 2. The molecular formula is C17H18N2O5S. The van der Waals surface area contributed by atoms with Gasteiger partial charge in [0, 0.05) is 18.3 Å².